The van der Waals surface area contributed by atoms with Gasteiger partial charge in [-0.05, 0) is 77.0 Å². The van der Waals surface area contributed by atoms with E-state index in [0.717, 1.165) is 96.3 Å². The van der Waals surface area contributed by atoms with Crippen LogP contribution in [0.3, 0.4) is 0 Å². The molecular formula is C51H84O6. The van der Waals surface area contributed by atoms with E-state index in [1.54, 1.807) is 6.08 Å². The van der Waals surface area contributed by atoms with Gasteiger partial charge in [-0.25, -0.2) is 0 Å². The summed E-state index contributed by atoms with van der Waals surface area (Å²) < 4.78 is 16.6. The molecule has 0 aliphatic rings. The highest BCUT2D eigenvalue weighted by Crippen LogP contribution is 2.13. The summed E-state index contributed by atoms with van der Waals surface area (Å²) in [6.07, 6.45) is 57.3. The summed E-state index contributed by atoms with van der Waals surface area (Å²) in [5.41, 5.74) is 0. The maximum absolute atomic E-state index is 12.7. The number of ether oxygens (including phenoxy) is 3. The van der Waals surface area contributed by atoms with E-state index < -0.39 is 12.1 Å². The third kappa shape index (κ3) is 43.6. The van der Waals surface area contributed by atoms with Gasteiger partial charge in [0.05, 0.1) is 6.42 Å². The van der Waals surface area contributed by atoms with Crippen LogP contribution in [0, 0.1) is 0 Å². The van der Waals surface area contributed by atoms with Gasteiger partial charge in [-0.1, -0.05) is 189 Å². The molecule has 0 aromatic carbocycles. The van der Waals surface area contributed by atoms with Gasteiger partial charge in [0.25, 0.3) is 0 Å². The van der Waals surface area contributed by atoms with Gasteiger partial charge in [0.15, 0.2) is 6.10 Å². The Morgan fingerprint density at radius 1 is 0.386 bits per heavy atom. The number of rotatable bonds is 40. The SMILES string of the molecule is CC/C=C\C/C=C\C/C=C\C/C=C\C/C=C\CC(=O)OCC(COC(=O)CCCCCCCCCCC)OC(=O)CCCCCCC/C=C\C/C=C\CCCCC. The summed E-state index contributed by atoms with van der Waals surface area (Å²) >= 11 is 0. The van der Waals surface area contributed by atoms with Gasteiger partial charge in [-0.15, -0.1) is 0 Å². The van der Waals surface area contributed by atoms with E-state index in [0.29, 0.717) is 12.8 Å². The third-order valence-electron chi connectivity index (χ3n) is 9.42. The fourth-order valence-electron chi connectivity index (χ4n) is 5.95. The second-order valence-corrected chi connectivity index (χ2v) is 14.9. The highest BCUT2D eigenvalue weighted by molar-refractivity contribution is 5.72. The van der Waals surface area contributed by atoms with Crippen molar-refractivity contribution in [2.75, 3.05) is 13.2 Å². The zero-order valence-electron chi connectivity index (χ0n) is 36.8. The predicted octanol–water partition coefficient (Wildman–Crippen LogP) is 14.9. The van der Waals surface area contributed by atoms with Crippen molar-refractivity contribution in [2.45, 2.75) is 207 Å². The minimum absolute atomic E-state index is 0.112. The number of hydrogen-bond acceptors (Lipinski definition) is 6. The minimum atomic E-state index is -0.820. The molecule has 0 heterocycles. The molecule has 0 N–H and O–H groups in total. The van der Waals surface area contributed by atoms with Gasteiger partial charge in [0.1, 0.15) is 13.2 Å². The topological polar surface area (TPSA) is 78.9 Å². The van der Waals surface area contributed by atoms with Crippen molar-refractivity contribution in [2.24, 2.45) is 0 Å². The summed E-state index contributed by atoms with van der Waals surface area (Å²) in [6, 6.07) is 0. The van der Waals surface area contributed by atoms with Crippen LogP contribution in [0.5, 0.6) is 0 Å². The maximum Gasteiger partial charge on any atom is 0.309 e. The highest BCUT2D eigenvalue weighted by atomic mass is 16.6. The van der Waals surface area contributed by atoms with Crippen LogP contribution in [0.4, 0.5) is 0 Å². The molecule has 0 aliphatic heterocycles. The van der Waals surface area contributed by atoms with Crippen LogP contribution in [0.15, 0.2) is 85.1 Å². The molecule has 0 rings (SSSR count). The number of hydrogen-bond donors (Lipinski definition) is 0. The Morgan fingerprint density at radius 3 is 1.26 bits per heavy atom. The van der Waals surface area contributed by atoms with Crippen molar-refractivity contribution in [3.63, 3.8) is 0 Å². The van der Waals surface area contributed by atoms with Crippen LogP contribution >= 0.6 is 0 Å². The molecule has 6 nitrogen and oxygen atoms in total. The first-order chi connectivity index (χ1) is 28.0. The highest BCUT2D eigenvalue weighted by Gasteiger charge is 2.19. The zero-order valence-corrected chi connectivity index (χ0v) is 36.8. The lowest BCUT2D eigenvalue weighted by atomic mass is 10.1. The number of carbonyl (C=O) groups excluding carboxylic acids is 3. The van der Waals surface area contributed by atoms with E-state index in [4.69, 9.17) is 14.2 Å². The van der Waals surface area contributed by atoms with Crippen molar-refractivity contribution < 1.29 is 28.6 Å². The van der Waals surface area contributed by atoms with E-state index in [9.17, 15) is 14.4 Å². The van der Waals surface area contributed by atoms with Crippen molar-refractivity contribution in [1.29, 1.82) is 0 Å². The van der Waals surface area contributed by atoms with E-state index in [1.165, 1.54) is 64.2 Å². The molecule has 1 unspecified atom stereocenters. The lowest BCUT2D eigenvalue weighted by Crippen LogP contribution is -2.30. The fourth-order valence-corrected chi connectivity index (χ4v) is 5.95. The predicted molar refractivity (Wildman–Crippen MR) is 242 cm³/mol. The van der Waals surface area contributed by atoms with Crippen LogP contribution in [0.1, 0.15) is 201 Å². The molecule has 0 fully saturated rings. The Morgan fingerprint density at radius 2 is 0.754 bits per heavy atom. The molecule has 1 atom stereocenters. The standard InChI is InChI=1S/C51H84O6/c1-4-7-10-13-16-19-21-23-25-27-29-32-35-38-41-44-50(53)56-47-48(46-55-49(52)43-40-37-34-31-18-15-12-9-6-3)57-51(54)45-42-39-36-33-30-28-26-24-22-20-17-14-11-8-5-2/h7,10,16-17,19-20,23-26,29,32,38,41,48H,4-6,8-9,11-15,18,21-22,27-28,30-31,33-37,39-40,42-47H2,1-3H3/b10-7-,19-16-,20-17-,25-23-,26-24-,32-29-,41-38-. The lowest BCUT2D eigenvalue weighted by Gasteiger charge is -2.18. The molecule has 0 saturated carbocycles. The molecule has 0 saturated heterocycles. The smallest absolute Gasteiger partial charge is 0.309 e. The van der Waals surface area contributed by atoms with Gasteiger partial charge in [0, 0.05) is 12.8 Å². The van der Waals surface area contributed by atoms with Gasteiger partial charge >= 0.3 is 17.9 Å². The summed E-state index contributed by atoms with van der Waals surface area (Å²) in [4.78, 5) is 37.7. The molecule has 0 radical (unpaired) electrons. The molecule has 0 aromatic heterocycles. The average molecular weight is 793 g/mol. The molecule has 6 heteroatoms. The summed E-state index contributed by atoms with van der Waals surface area (Å²) in [5, 5.41) is 0. The lowest BCUT2D eigenvalue weighted by molar-refractivity contribution is -0.166. The molecule has 324 valence electrons. The third-order valence-corrected chi connectivity index (χ3v) is 9.42. The Bertz CT molecular complexity index is 1140. The normalized spacial score (nSPS) is 12.8. The molecule has 57 heavy (non-hydrogen) atoms. The van der Waals surface area contributed by atoms with Crippen LogP contribution in [-0.4, -0.2) is 37.2 Å². The molecule has 0 aliphatic carbocycles. The van der Waals surface area contributed by atoms with Crippen molar-refractivity contribution in [3.05, 3.63) is 85.1 Å². The Hall–Kier alpha value is -3.41. The van der Waals surface area contributed by atoms with Gasteiger partial charge in [0.2, 0.25) is 0 Å². The zero-order chi connectivity index (χ0) is 41.5. The van der Waals surface area contributed by atoms with E-state index >= 15 is 0 Å². The molecule has 0 amide bonds. The van der Waals surface area contributed by atoms with Crippen LogP contribution in [-0.2, 0) is 28.6 Å². The molecular weight excluding hydrogens is 709 g/mol. The Balaban J connectivity index is 4.53. The van der Waals surface area contributed by atoms with Crippen molar-refractivity contribution >= 4 is 17.9 Å². The first-order valence-electron chi connectivity index (χ1n) is 23.1. The average Bonchev–Trinajstić information content (AvgIpc) is 3.21. The fraction of sp³-hybridized carbons (Fsp3) is 0.667. The largest absolute Gasteiger partial charge is 0.462 e. The Kier molecular flexibility index (Phi) is 42.6. The number of esters is 3. The van der Waals surface area contributed by atoms with Gasteiger partial charge in [-0.3, -0.25) is 14.4 Å². The second-order valence-electron chi connectivity index (χ2n) is 14.9. The number of allylic oxidation sites excluding steroid dienone is 13. The first-order valence-corrected chi connectivity index (χ1v) is 23.1. The van der Waals surface area contributed by atoms with Crippen molar-refractivity contribution in [3.8, 4) is 0 Å². The summed E-state index contributed by atoms with van der Waals surface area (Å²) in [5.74, 6) is -1.07. The van der Waals surface area contributed by atoms with Crippen LogP contribution in [0.2, 0.25) is 0 Å². The van der Waals surface area contributed by atoms with Gasteiger partial charge in [-0.2, -0.15) is 0 Å². The summed E-state index contributed by atoms with van der Waals surface area (Å²) in [6.45, 7) is 6.35. The van der Waals surface area contributed by atoms with E-state index in [1.807, 2.05) is 6.08 Å². The monoisotopic (exact) mass is 793 g/mol. The Labute approximate surface area is 350 Å². The van der Waals surface area contributed by atoms with E-state index in [2.05, 4.69) is 93.7 Å². The number of carbonyl (C=O) groups is 3. The van der Waals surface area contributed by atoms with Crippen molar-refractivity contribution in [1.82, 2.24) is 0 Å². The second kappa shape index (κ2) is 45.3. The van der Waals surface area contributed by atoms with Crippen LogP contribution in [0.25, 0.3) is 0 Å². The summed E-state index contributed by atoms with van der Waals surface area (Å²) in [7, 11) is 0. The quantitative estimate of drug-likeness (QED) is 0.0266. The first kappa shape index (κ1) is 53.6. The minimum Gasteiger partial charge on any atom is -0.462 e. The van der Waals surface area contributed by atoms with E-state index in [-0.39, 0.29) is 31.6 Å². The molecule has 0 spiro atoms. The maximum atomic E-state index is 12.7. The molecule has 0 bridgehead atoms. The number of unbranched alkanes of at least 4 members (excludes halogenated alkanes) is 16. The molecule has 0 aromatic rings. The van der Waals surface area contributed by atoms with Crippen LogP contribution < -0.4 is 0 Å². The van der Waals surface area contributed by atoms with Gasteiger partial charge < -0.3 is 14.2 Å².